The number of aryl methyl sites for hydroxylation is 1. The predicted molar refractivity (Wildman–Crippen MR) is 81.8 cm³/mol. The molecule has 1 aromatic heterocycles. The van der Waals surface area contributed by atoms with Crippen molar-refractivity contribution in [3.63, 3.8) is 0 Å². The molecule has 0 saturated carbocycles. The van der Waals surface area contributed by atoms with E-state index in [9.17, 15) is 0 Å². The quantitative estimate of drug-likeness (QED) is 0.889. The molecule has 4 nitrogen and oxygen atoms in total. The van der Waals surface area contributed by atoms with Gasteiger partial charge in [-0.3, -0.25) is 9.80 Å². The standard InChI is InChI=1S/C16H23N3O/c1-13-10-15-11-14(2-3-16(15)17-13)12-19-6-4-18(5-7-19)8-9-20/h2-3,10-11,17,20H,4-9,12H2,1H3. The molecule has 2 aromatic rings. The Labute approximate surface area is 120 Å². The van der Waals surface area contributed by atoms with E-state index in [-0.39, 0.29) is 6.61 Å². The van der Waals surface area contributed by atoms with Gasteiger partial charge in [-0.05, 0) is 36.1 Å². The largest absolute Gasteiger partial charge is 0.395 e. The third-order valence-electron chi connectivity index (χ3n) is 4.11. The van der Waals surface area contributed by atoms with E-state index in [1.54, 1.807) is 0 Å². The zero-order valence-corrected chi connectivity index (χ0v) is 12.1. The summed E-state index contributed by atoms with van der Waals surface area (Å²) in [4.78, 5) is 8.19. The second kappa shape index (κ2) is 5.95. The number of hydrogen-bond donors (Lipinski definition) is 2. The molecule has 0 aliphatic carbocycles. The molecule has 1 aliphatic heterocycles. The van der Waals surface area contributed by atoms with E-state index < -0.39 is 0 Å². The molecule has 4 heteroatoms. The van der Waals surface area contributed by atoms with Crippen LogP contribution in [-0.4, -0.2) is 59.2 Å². The lowest BCUT2D eigenvalue weighted by molar-refractivity contribution is 0.108. The average molecular weight is 273 g/mol. The Morgan fingerprint density at radius 3 is 2.60 bits per heavy atom. The van der Waals surface area contributed by atoms with Crippen LogP contribution in [0.1, 0.15) is 11.3 Å². The van der Waals surface area contributed by atoms with E-state index in [4.69, 9.17) is 5.11 Å². The Kier molecular flexibility index (Phi) is 4.05. The van der Waals surface area contributed by atoms with Gasteiger partial charge in [-0.25, -0.2) is 0 Å². The van der Waals surface area contributed by atoms with Gasteiger partial charge in [-0.1, -0.05) is 6.07 Å². The number of aliphatic hydroxyl groups excluding tert-OH is 1. The Hall–Kier alpha value is -1.36. The summed E-state index contributed by atoms with van der Waals surface area (Å²) in [7, 11) is 0. The Morgan fingerprint density at radius 2 is 1.85 bits per heavy atom. The summed E-state index contributed by atoms with van der Waals surface area (Å²) < 4.78 is 0. The third-order valence-corrected chi connectivity index (χ3v) is 4.11. The van der Waals surface area contributed by atoms with Crippen molar-refractivity contribution in [3.8, 4) is 0 Å². The van der Waals surface area contributed by atoms with E-state index >= 15 is 0 Å². The molecule has 20 heavy (non-hydrogen) atoms. The Balaban J connectivity index is 1.62. The number of β-amino-alcohol motifs (C(OH)–C–C–N with tert-alkyl or cyclic N) is 1. The summed E-state index contributed by atoms with van der Waals surface area (Å²) in [5.74, 6) is 0. The first-order valence-electron chi connectivity index (χ1n) is 7.38. The Bertz CT molecular complexity index is 570. The molecule has 108 valence electrons. The lowest BCUT2D eigenvalue weighted by atomic mass is 10.1. The van der Waals surface area contributed by atoms with Crippen molar-refractivity contribution >= 4 is 10.9 Å². The lowest BCUT2D eigenvalue weighted by Crippen LogP contribution is -2.46. The van der Waals surface area contributed by atoms with Crippen molar-refractivity contribution in [3.05, 3.63) is 35.5 Å². The van der Waals surface area contributed by atoms with Crippen molar-refractivity contribution in [2.75, 3.05) is 39.3 Å². The van der Waals surface area contributed by atoms with Crippen LogP contribution >= 0.6 is 0 Å². The highest BCUT2D eigenvalue weighted by Gasteiger charge is 2.16. The van der Waals surface area contributed by atoms with E-state index in [2.05, 4.69) is 46.0 Å². The van der Waals surface area contributed by atoms with Gasteiger partial charge >= 0.3 is 0 Å². The molecule has 0 spiro atoms. The number of aromatic amines is 1. The zero-order valence-electron chi connectivity index (χ0n) is 12.1. The van der Waals surface area contributed by atoms with E-state index in [1.807, 2.05) is 0 Å². The number of fused-ring (bicyclic) bond motifs is 1. The smallest absolute Gasteiger partial charge is 0.0558 e. The molecule has 0 unspecified atom stereocenters. The van der Waals surface area contributed by atoms with Crippen molar-refractivity contribution in [1.29, 1.82) is 0 Å². The van der Waals surface area contributed by atoms with Crippen LogP contribution in [0.15, 0.2) is 24.3 Å². The number of nitrogens with one attached hydrogen (secondary N) is 1. The number of piperazine rings is 1. The molecule has 0 radical (unpaired) electrons. The zero-order chi connectivity index (χ0) is 13.9. The number of H-pyrrole nitrogens is 1. The highest BCUT2D eigenvalue weighted by atomic mass is 16.3. The topological polar surface area (TPSA) is 42.5 Å². The van der Waals surface area contributed by atoms with Crippen LogP contribution < -0.4 is 0 Å². The first-order valence-corrected chi connectivity index (χ1v) is 7.38. The summed E-state index contributed by atoms with van der Waals surface area (Å²) in [5.41, 5.74) is 3.82. The fourth-order valence-corrected chi connectivity index (χ4v) is 3.00. The van der Waals surface area contributed by atoms with Gasteiger partial charge in [0.2, 0.25) is 0 Å². The molecule has 2 heterocycles. The molecule has 1 saturated heterocycles. The number of nitrogens with zero attached hydrogens (tertiary/aromatic N) is 2. The van der Waals surface area contributed by atoms with Crippen LogP contribution in [0.4, 0.5) is 0 Å². The first-order chi connectivity index (χ1) is 9.74. The molecular weight excluding hydrogens is 250 g/mol. The molecule has 0 amide bonds. The van der Waals surface area contributed by atoms with Crippen LogP contribution in [0.2, 0.25) is 0 Å². The number of aromatic nitrogens is 1. The summed E-state index contributed by atoms with van der Waals surface area (Å²) in [6.45, 7) is 8.49. The Morgan fingerprint density at radius 1 is 1.10 bits per heavy atom. The first kappa shape index (κ1) is 13.6. The maximum absolute atomic E-state index is 8.96. The fourth-order valence-electron chi connectivity index (χ4n) is 3.00. The molecule has 1 aliphatic rings. The van der Waals surface area contributed by atoms with Crippen molar-refractivity contribution in [2.45, 2.75) is 13.5 Å². The van der Waals surface area contributed by atoms with Gasteiger partial charge in [0.05, 0.1) is 6.61 Å². The highest BCUT2D eigenvalue weighted by Crippen LogP contribution is 2.18. The van der Waals surface area contributed by atoms with Crippen LogP contribution in [0.25, 0.3) is 10.9 Å². The van der Waals surface area contributed by atoms with Crippen LogP contribution in [0.5, 0.6) is 0 Å². The minimum atomic E-state index is 0.267. The summed E-state index contributed by atoms with van der Waals surface area (Å²) in [6.07, 6.45) is 0. The van der Waals surface area contributed by atoms with Gasteiger partial charge in [0.25, 0.3) is 0 Å². The monoisotopic (exact) mass is 273 g/mol. The fraction of sp³-hybridized carbons (Fsp3) is 0.500. The average Bonchev–Trinajstić information content (AvgIpc) is 2.81. The minimum absolute atomic E-state index is 0.267. The molecule has 2 N–H and O–H groups in total. The van der Waals surface area contributed by atoms with E-state index in [1.165, 1.54) is 22.2 Å². The minimum Gasteiger partial charge on any atom is -0.395 e. The molecule has 0 bridgehead atoms. The summed E-state index contributed by atoms with van der Waals surface area (Å²) >= 11 is 0. The summed E-state index contributed by atoms with van der Waals surface area (Å²) in [5, 5.41) is 10.3. The lowest BCUT2D eigenvalue weighted by Gasteiger charge is -2.34. The van der Waals surface area contributed by atoms with Gasteiger partial charge in [-0.2, -0.15) is 0 Å². The highest BCUT2D eigenvalue weighted by molar-refractivity contribution is 5.81. The number of rotatable bonds is 4. The van der Waals surface area contributed by atoms with Gasteiger partial charge < -0.3 is 10.1 Å². The molecule has 3 rings (SSSR count). The van der Waals surface area contributed by atoms with E-state index in [0.717, 1.165) is 39.3 Å². The van der Waals surface area contributed by atoms with Crippen molar-refractivity contribution in [1.82, 2.24) is 14.8 Å². The molecule has 1 fully saturated rings. The summed E-state index contributed by atoms with van der Waals surface area (Å²) in [6, 6.07) is 8.90. The number of aliphatic hydroxyl groups is 1. The third kappa shape index (κ3) is 3.03. The SMILES string of the molecule is Cc1cc2cc(CN3CCN(CCO)CC3)ccc2[nH]1. The maximum atomic E-state index is 8.96. The maximum Gasteiger partial charge on any atom is 0.0558 e. The molecule has 0 atom stereocenters. The van der Waals surface area contributed by atoms with Gasteiger partial charge in [0.1, 0.15) is 0 Å². The van der Waals surface area contributed by atoms with Gasteiger partial charge in [0.15, 0.2) is 0 Å². The van der Waals surface area contributed by atoms with Gasteiger partial charge in [0, 0.05) is 50.5 Å². The van der Waals surface area contributed by atoms with Crippen LogP contribution in [-0.2, 0) is 6.54 Å². The van der Waals surface area contributed by atoms with Crippen molar-refractivity contribution < 1.29 is 5.11 Å². The second-order valence-electron chi connectivity index (χ2n) is 5.72. The van der Waals surface area contributed by atoms with E-state index in [0.29, 0.717) is 0 Å². The number of hydrogen-bond acceptors (Lipinski definition) is 3. The van der Waals surface area contributed by atoms with Crippen LogP contribution in [0.3, 0.4) is 0 Å². The van der Waals surface area contributed by atoms with Crippen LogP contribution in [0, 0.1) is 6.92 Å². The molecular formula is C16H23N3O. The van der Waals surface area contributed by atoms with Crippen molar-refractivity contribution in [2.24, 2.45) is 0 Å². The number of benzene rings is 1. The van der Waals surface area contributed by atoms with Gasteiger partial charge in [-0.15, -0.1) is 0 Å². The molecule has 1 aromatic carbocycles. The second-order valence-corrected chi connectivity index (χ2v) is 5.72. The predicted octanol–water partition coefficient (Wildman–Crippen LogP) is 1.59. The normalized spacial score (nSPS) is 17.9.